The van der Waals surface area contributed by atoms with Crippen LogP contribution in [-0.4, -0.2) is 16.7 Å². The van der Waals surface area contributed by atoms with Crippen LogP contribution < -0.4 is 4.74 Å². The van der Waals surface area contributed by atoms with Gasteiger partial charge in [-0.25, -0.2) is 4.98 Å². The Morgan fingerprint density at radius 2 is 1.74 bits per heavy atom. The first-order valence-electron chi connectivity index (χ1n) is 7.53. The molecule has 112 valence electrons. The van der Waals surface area contributed by atoms with Gasteiger partial charge in [-0.05, 0) is 36.4 Å². The molecular formula is C20H16N2O. The van der Waals surface area contributed by atoms with Crippen LogP contribution in [0.15, 0.2) is 79.0 Å². The van der Waals surface area contributed by atoms with Gasteiger partial charge in [-0.3, -0.25) is 4.57 Å². The number of pyridine rings is 1. The molecule has 0 spiro atoms. The van der Waals surface area contributed by atoms with Gasteiger partial charge < -0.3 is 4.74 Å². The molecule has 3 heteroatoms. The third-order valence-electron chi connectivity index (χ3n) is 3.95. The Labute approximate surface area is 134 Å². The van der Waals surface area contributed by atoms with Gasteiger partial charge in [0.1, 0.15) is 11.6 Å². The third kappa shape index (κ3) is 2.36. The predicted octanol–water partition coefficient (Wildman–Crippen LogP) is 4.70. The minimum absolute atomic E-state index is 0.848. The van der Waals surface area contributed by atoms with Crippen LogP contribution in [0.3, 0.4) is 0 Å². The standard InChI is InChI=1S/C20H16N2O/c1-23-17-9-6-8-15(13-17)19-14-16-7-2-3-10-18(16)22(19)20-11-4-5-12-21-20/h2-14H,1H3. The van der Waals surface area contributed by atoms with Crippen LogP contribution in [0.4, 0.5) is 0 Å². The van der Waals surface area contributed by atoms with Gasteiger partial charge in [-0.2, -0.15) is 0 Å². The normalized spacial score (nSPS) is 10.8. The third-order valence-corrected chi connectivity index (χ3v) is 3.95. The number of ether oxygens (including phenoxy) is 1. The van der Waals surface area contributed by atoms with Crippen molar-refractivity contribution in [2.45, 2.75) is 0 Å². The van der Waals surface area contributed by atoms with E-state index in [9.17, 15) is 0 Å². The summed E-state index contributed by atoms with van der Waals surface area (Å²) in [6, 6.07) is 24.6. The monoisotopic (exact) mass is 300 g/mol. The molecule has 0 aliphatic heterocycles. The molecule has 0 aliphatic rings. The Balaban J connectivity index is 2.02. The Morgan fingerprint density at radius 3 is 2.57 bits per heavy atom. The van der Waals surface area contributed by atoms with Crippen molar-refractivity contribution in [2.24, 2.45) is 0 Å². The van der Waals surface area contributed by atoms with Crippen LogP contribution in [0.1, 0.15) is 0 Å². The number of nitrogens with zero attached hydrogens (tertiary/aromatic N) is 2. The van der Waals surface area contributed by atoms with E-state index in [1.807, 2.05) is 42.6 Å². The average molecular weight is 300 g/mol. The van der Waals surface area contributed by atoms with Crippen molar-refractivity contribution in [1.82, 2.24) is 9.55 Å². The van der Waals surface area contributed by atoms with Gasteiger partial charge in [0.05, 0.1) is 18.3 Å². The maximum Gasteiger partial charge on any atom is 0.137 e. The van der Waals surface area contributed by atoms with Crippen LogP contribution in [0.25, 0.3) is 28.0 Å². The first kappa shape index (κ1) is 13.6. The van der Waals surface area contributed by atoms with E-state index >= 15 is 0 Å². The quantitative estimate of drug-likeness (QED) is 0.548. The van der Waals surface area contributed by atoms with E-state index in [0.29, 0.717) is 0 Å². The number of hydrogen-bond donors (Lipinski definition) is 0. The van der Waals surface area contributed by atoms with Crippen molar-refractivity contribution < 1.29 is 4.74 Å². The molecule has 2 heterocycles. The molecule has 3 nitrogen and oxygen atoms in total. The van der Waals surface area contributed by atoms with Gasteiger partial charge in [0, 0.05) is 17.1 Å². The summed E-state index contributed by atoms with van der Waals surface area (Å²) in [6.07, 6.45) is 1.82. The number of aromatic nitrogens is 2. The number of fused-ring (bicyclic) bond motifs is 1. The van der Waals surface area contributed by atoms with Gasteiger partial charge in [0.25, 0.3) is 0 Å². The first-order chi connectivity index (χ1) is 11.4. The summed E-state index contributed by atoms with van der Waals surface area (Å²) in [6.45, 7) is 0. The highest BCUT2D eigenvalue weighted by Crippen LogP contribution is 2.32. The average Bonchev–Trinajstić information content (AvgIpc) is 3.02. The molecule has 4 rings (SSSR count). The van der Waals surface area contributed by atoms with Crippen LogP contribution in [0.2, 0.25) is 0 Å². The van der Waals surface area contributed by atoms with E-state index < -0.39 is 0 Å². The zero-order valence-corrected chi connectivity index (χ0v) is 12.8. The maximum absolute atomic E-state index is 5.37. The fourth-order valence-corrected chi connectivity index (χ4v) is 2.88. The Bertz CT molecular complexity index is 958. The van der Waals surface area contributed by atoms with E-state index in [0.717, 1.165) is 28.3 Å². The molecular weight excluding hydrogens is 284 g/mol. The van der Waals surface area contributed by atoms with E-state index in [-0.39, 0.29) is 0 Å². The van der Waals surface area contributed by atoms with Crippen molar-refractivity contribution in [2.75, 3.05) is 7.11 Å². The summed E-state index contributed by atoms with van der Waals surface area (Å²) < 4.78 is 7.56. The van der Waals surface area contributed by atoms with E-state index in [1.54, 1.807) is 7.11 Å². The Hall–Kier alpha value is -3.07. The highest BCUT2D eigenvalue weighted by Gasteiger charge is 2.13. The molecule has 4 aromatic rings. The largest absolute Gasteiger partial charge is 0.497 e. The number of hydrogen-bond acceptors (Lipinski definition) is 2. The lowest BCUT2D eigenvalue weighted by Gasteiger charge is -2.11. The first-order valence-corrected chi connectivity index (χ1v) is 7.53. The molecule has 0 saturated carbocycles. The molecule has 0 fully saturated rings. The Morgan fingerprint density at radius 1 is 0.870 bits per heavy atom. The molecule has 0 amide bonds. The van der Waals surface area contributed by atoms with Crippen LogP contribution >= 0.6 is 0 Å². The van der Waals surface area contributed by atoms with Gasteiger partial charge in [0.2, 0.25) is 0 Å². The highest BCUT2D eigenvalue weighted by molar-refractivity contribution is 5.89. The van der Waals surface area contributed by atoms with Crippen molar-refractivity contribution in [3.05, 3.63) is 79.0 Å². The number of rotatable bonds is 3. The molecule has 2 aromatic heterocycles. The zero-order valence-electron chi connectivity index (χ0n) is 12.8. The molecule has 0 aliphatic carbocycles. The molecule has 0 N–H and O–H groups in total. The van der Waals surface area contributed by atoms with Crippen LogP contribution in [-0.2, 0) is 0 Å². The second-order valence-corrected chi connectivity index (χ2v) is 5.34. The van der Waals surface area contributed by atoms with Crippen molar-refractivity contribution in [3.63, 3.8) is 0 Å². The van der Waals surface area contributed by atoms with Crippen molar-refractivity contribution >= 4 is 10.9 Å². The second-order valence-electron chi connectivity index (χ2n) is 5.34. The van der Waals surface area contributed by atoms with Crippen LogP contribution in [0.5, 0.6) is 5.75 Å². The minimum Gasteiger partial charge on any atom is -0.497 e. The predicted molar refractivity (Wildman–Crippen MR) is 93.1 cm³/mol. The second kappa shape index (κ2) is 5.61. The van der Waals surface area contributed by atoms with E-state index in [2.05, 4.69) is 45.9 Å². The SMILES string of the molecule is COc1cccc(-c2cc3ccccc3n2-c2ccccn2)c1. The molecule has 0 atom stereocenters. The summed E-state index contributed by atoms with van der Waals surface area (Å²) in [4.78, 5) is 4.53. The molecule has 0 unspecified atom stereocenters. The lowest BCUT2D eigenvalue weighted by atomic mass is 10.1. The molecule has 0 bridgehead atoms. The van der Waals surface area contributed by atoms with Crippen LogP contribution in [0, 0.1) is 0 Å². The number of benzene rings is 2. The number of para-hydroxylation sites is 1. The number of methoxy groups -OCH3 is 1. The summed E-state index contributed by atoms with van der Waals surface area (Å²) >= 11 is 0. The smallest absolute Gasteiger partial charge is 0.137 e. The maximum atomic E-state index is 5.37. The highest BCUT2D eigenvalue weighted by atomic mass is 16.5. The molecule has 0 radical (unpaired) electrons. The summed E-state index contributed by atoms with van der Waals surface area (Å²) in [5.74, 6) is 1.76. The molecule has 23 heavy (non-hydrogen) atoms. The molecule has 0 saturated heterocycles. The van der Waals surface area contributed by atoms with Gasteiger partial charge in [-0.1, -0.05) is 36.4 Å². The van der Waals surface area contributed by atoms with Gasteiger partial charge in [0.15, 0.2) is 0 Å². The van der Waals surface area contributed by atoms with Gasteiger partial charge >= 0.3 is 0 Å². The summed E-state index contributed by atoms with van der Waals surface area (Å²) in [5.41, 5.74) is 3.35. The summed E-state index contributed by atoms with van der Waals surface area (Å²) in [7, 11) is 1.69. The topological polar surface area (TPSA) is 27.1 Å². The van der Waals surface area contributed by atoms with Crippen molar-refractivity contribution in [1.29, 1.82) is 0 Å². The lowest BCUT2D eigenvalue weighted by Crippen LogP contribution is -1.99. The Kier molecular flexibility index (Phi) is 3.31. The minimum atomic E-state index is 0.848. The van der Waals surface area contributed by atoms with Gasteiger partial charge in [-0.15, -0.1) is 0 Å². The fraction of sp³-hybridized carbons (Fsp3) is 0.0500. The van der Waals surface area contributed by atoms with Crippen molar-refractivity contribution in [3.8, 4) is 22.8 Å². The zero-order chi connectivity index (χ0) is 15.6. The van der Waals surface area contributed by atoms with E-state index in [4.69, 9.17) is 4.74 Å². The van der Waals surface area contributed by atoms with E-state index in [1.165, 1.54) is 5.39 Å². The lowest BCUT2D eigenvalue weighted by molar-refractivity contribution is 0.415. The summed E-state index contributed by atoms with van der Waals surface area (Å²) in [5, 5.41) is 1.19. The molecule has 2 aromatic carbocycles. The fourth-order valence-electron chi connectivity index (χ4n) is 2.88.